The number of ether oxygens (including phenoxy) is 1. The van der Waals surface area contributed by atoms with E-state index in [2.05, 4.69) is 4.74 Å². The number of nitrogens with one attached hydrogen (secondary N) is 1. The Balaban J connectivity index is 1.83. The molecule has 0 aromatic heterocycles. The maximum absolute atomic E-state index is 12.1. The molecule has 2 aliphatic heterocycles. The molecule has 0 saturated carbocycles. The van der Waals surface area contributed by atoms with E-state index in [9.17, 15) is 21.6 Å². The van der Waals surface area contributed by atoms with Crippen LogP contribution >= 0.6 is 11.8 Å². The topological polar surface area (TPSA) is 70.5 Å². The highest BCUT2D eigenvalue weighted by atomic mass is 32.2. The third-order valence-corrected chi connectivity index (χ3v) is 6.56. The van der Waals surface area contributed by atoms with Crippen molar-refractivity contribution in [1.82, 2.24) is 0 Å². The fourth-order valence-corrected chi connectivity index (χ4v) is 6.41. The number of benzene rings is 1. The highest BCUT2D eigenvalue weighted by molar-refractivity contribution is 8.15. The highest BCUT2D eigenvalue weighted by Gasteiger charge is 2.48. The van der Waals surface area contributed by atoms with Crippen LogP contribution in [0, 0.1) is 5.41 Å². The van der Waals surface area contributed by atoms with Gasteiger partial charge >= 0.3 is 6.36 Å². The van der Waals surface area contributed by atoms with Crippen molar-refractivity contribution in [1.29, 1.82) is 5.41 Å². The summed E-state index contributed by atoms with van der Waals surface area (Å²) < 4.78 is 63.5. The van der Waals surface area contributed by atoms with Crippen molar-refractivity contribution < 1.29 is 26.3 Å². The van der Waals surface area contributed by atoms with Gasteiger partial charge in [-0.2, -0.15) is 0 Å². The van der Waals surface area contributed by atoms with Gasteiger partial charge in [-0.05, 0) is 24.3 Å². The van der Waals surface area contributed by atoms with E-state index in [0.29, 0.717) is 5.69 Å². The van der Waals surface area contributed by atoms with Gasteiger partial charge in [0.1, 0.15) is 5.75 Å². The van der Waals surface area contributed by atoms with E-state index in [-0.39, 0.29) is 33.7 Å². The van der Waals surface area contributed by atoms with Crippen LogP contribution in [0.3, 0.4) is 0 Å². The zero-order chi connectivity index (χ0) is 16.1. The van der Waals surface area contributed by atoms with Crippen molar-refractivity contribution in [3.8, 4) is 5.75 Å². The fourth-order valence-electron chi connectivity index (χ4n) is 2.62. The number of nitrogens with zero attached hydrogens (tertiary/aromatic N) is 1. The summed E-state index contributed by atoms with van der Waals surface area (Å²) >= 11 is 1.17. The summed E-state index contributed by atoms with van der Waals surface area (Å²) in [5.74, 6) is -0.380. The van der Waals surface area contributed by atoms with Crippen LogP contribution in [0.5, 0.6) is 5.75 Å². The Bertz CT molecular complexity index is 703. The number of hydrogen-bond acceptors (Lipinski definition) is 5. The second kappa shape index (κ2) is 5.05. The SMILES string of the molecule is N=C1S[C@@H]2CS(=O)(=O)C[C@H]2N1c1ccc(OC(F)(F)F)cc1. The first-order valence-electron chi connectivity index (χ1n) is 6.25. The van der Waals surface area contributed by atoms with Crippen molar-refractivity contribution in [3.05, 3.63) is 24.3 Å². The second-order valence-electron chi connectivity index (χ2n) is 5.02. The Kier molecular flexibility index (Phi) is 3.55. The van der Waals surface area contributed by atoms with Gasteiger partial charge in [0.15, 0.2) is 15.0 Å². The maximum atomic E-state index is 12.1. The standard InChI is InChI=1S/C12H11F3N2O3S2/c13-12(14,15)20-8-3-1-7(2-4-8)17-9-5-22(18,19)6-10(9)21-11(17)16/h1-4,9-10,16H,5-6H2/t9-,10-/m1/s1. The van der Waals surface area contributed by atoms with Crippen molar-refractivity contribution in [2.45, 2.75) is 17.7 Å². The van der Waals surface area contributed by atoms with Gasteiger partial charge in [0.2, 0.25) is 0 Å². The maximum Gasteiger partial charge on any atom is 0.573 e. The molecule has 0 bridgehead atoms. The Morgan fingerprint density at radius 1 is 1.23 bits per heavy atom. The Hall–Kier alpha value is -1.42. The molecule has 120 valence electrons. The number of fused-ring (bicyclic) bond motifs is 1. The molecule has 3 rings (SSSR count). The second-order valence-corrected chi connectivity index (χ2v) is 8.40. The van der Waals surface area contributed by atoms with Crippen molar-refractivity contribution >= 4 is 32.5 Å². The van der Waals surface area contributed by atoms with Crippen molar-refractivity contribution in [2.24, 2.45) is 0 Å². The molecule has 0 aliphatic carbocycles. The lowest BCUT2D eigenvalue weighted by Gasteiger charge is -2.24. The van der Waals surface area contributed by atoms with Crippen LogP contribution in [0.15, 0.2) is 24.3 Å². The highest BCUT2D eigenvalue weighted by Crippen LogP contribution is 2.40. The van der Waals surface area contributed by atoms with Crippen molar-refractivity contribution in [2.75, 3.05) is 16.4 Å². The van der Waals surface area contributed by atoms with Crippen LogP contribution in [-0.2, 0) is 9.84 Å². The van der Waals surface area contributed by atoms with Gasteiger partial charge in [0.05, 0.1) is 17.5 Å². The summed E-state index contributed by atoms with van der Waals surface area (Å²) in [6.07, 6.45) is -4.76. The molecule has 22 heavy (non-hydrogen) atoms. The van der Waals surface area contributed by atoms with E-state index in [4.69, 9.17) is 5.41 Å². The molecule has 0 unspecified atom stereocenters. The first-order valence-corrected chi connectivity index (χ1v) is 8.95. The summed E-state index contributed by atoms with van der Waals surface area (Å²) in [5.41, 5.74) is 0.483. The summed E-state index contributed by atoms with van der Waals surface area (Å²) in [5, 5.41) is 7.95. The zero-order valence-electron chi connectivity index (χ0n) is 11.0. The Labute approximate surface area is 128 Å². The number of hydrogen-bond donors (Lipinski definition) is 1. The minimum atomic E-state index is -4.76. The van der Waals surface area contributed by atoms with Crippen LogP contribution in [0.4, 0.5) is 18.9 Å². The van der Waals surface area contributed by atoms with Crippen LogP contribution in [0.2, 0.25) is 0 Å². The first-order chi connectivity index (χ1) is 10.1. The Morgan fingerprint density at radius 2 is 1.86 bits per heavy atom. The first kappa shape index (κ1) is 15.5. The third-order valence-electron chi connectivity index (χ3n) is 3.43. The molecule has 1 aromatic rings. The lowest BCUT2D eigenvalue weighted by atomic mass is 10.2. The van der Waals surface area contributed by atoms with Gasteiger partial charge in [0.25, 0.3) is 0 Å². The summed E-state index contributed by atoms with van der Waals surface area (Å²) in [6.45, 7) is 0. The summed E-state index contributed by atoms with van der Waals surface area (Å²) in [7, 11) is -3.13. The number of halogens is 3. The Morgan fingerprint density at radius 3 is 2.45 bits per heavy atom. The largest absolute Gasteiger partial charge is 0.573 e. The molecular formula is C12H11F3N2O3S2. The molecule has 2 atom stereocenters. The molecule has 1 N–H and O–H groups in total. The van der Waals surface area contributed by atoms with Crippen LogP contribution < -0.4 is 9.64 Å². The van der Waals surface area contributed by atoms with E-state index in [1.807, 2.05) is 0 Å². The molecule has 2 heterocycles. The zero-order valence-corrected chi connectivity index (χ0v) is 12.6. The van der Waals surface area contributed by atoms with Gasteiger partial charge in [-0.3, -0.25) is 5.41 Å². The summed E-state index contributed by atoms with van der Waals surface area (Å²) in [6, 6.07) is 4.74. The molecule has 2 saturated heterocycles. The normalized spacial score (nSPS) is 27.0. The third kappa shape index (κ3) is 3.02. The molecule has 2 aliphatic rings. The van der Waals surface area contributed by atoms with Gasteiger partial charge in [-0.15, -0.1) is 13.2 Å². The van der Waals surface area contributed by atoms with Crippen LogP contribution in [-0.4, -0.2) is 42.7 Å². The number of alkyl halides is 3. The van der Waals surface area contributed by atoms with E-state index < -0.39 is 16.2 Å². The van der Waals surface area contributed by atoms with Gasteiger partial charge in [0, 0.05) is 10.9 Å². The van der Waals surface area contributed by atoms with E-state index >= 15 is 0 Å². The predicted octanol–water partition coefficient (Wildman–Crippen LogP) is 2.24. The van der Waals surface area contributed by atoms with E-state index in [0.717, 1.165) is 12.1 Å². The fraction of sp³-hybridized carbons (Fsp3) is 0.417. The smallest absolute Gasteiger partial charge is 0.406 e. The number of sulfone groups is 1. The van der Waals surface area contributed by atoms with Gasteiger partial charge < -0.3 is 9.64 Å². The monoisotopic (exact) mass is 352 g/mol. The lowest BCUT2D eigenvalue weighted by Crippen LogP contribution is -2.37. The molecule has 0 spiro atoms. The molecule has 2 fully saturated rings. The van der Waals surface area contributed by atoms with E-state index in [1.54, 1.807) is 4.90 Å². The average molecular weight is 352 g/mol. The number of thioether (sulfide) groups is 1. The molecule has 5 nitrogen and oxygen atoms in total. The molecule has 1 aromatic carbocycles. The number of rotatable bonds is 2. The van der Waals surface area contributed by atoms with E-state index in [1.165, 1.54) is 23.9 Å². The van der Waals surface area contributed by atoms with Crippen LogP contribution in [0.1, 0.15) is 0 Å². The summed E-state index contributed by atoms with van der Waals surface area (Å²) in [4.78, 5) is 1.55. The average Bonchev–Trinajstić information content (AvgIpc) is 2.79. The van der Waals surface area contributed by atoms with Crippen LogP contribution in [0.25, 0.3) is 0 Å². The molecule has 0 radical (unpaired) electrons. The van der Waals surface area contributed by atoms with Gasteiger partial charge in [-0.1, -0.05) is 11.8 Å². The lowest BCUT2D eigenvalue weighted by molar-refractivity contribution is -0.274. The predicted molar refractivity (Wildman–Crippen MR) is 77.2 cm³/mol. The molecule has 10 heteroatoms. The minimum Gasteiger partial charge on any atom is -0.406 e. The van der Waals surface area contributed by atoms with Gasteiger partial charge in [-0.25, -0.2) is 8.42 Å². The number of amidine groups is 1. The number of anilines is 1. The molecular weight excluding hydrogens is 341 g/mol. The minimum absolute atomic E-state index is 0.0243. The van der Waals surface area contributed by atoms with Crippen molar-refractivity contribution in [3.63, 3.8) is 0 Å². The molecule has 0 amide bonds. The quantitative estimate of drug-likeness (QED) is 0.884.